The van der Waals surface area contributed by atoms with Crippen LogP contribution in [-0.2, 0) is 0 Å². The zero-order valence-corrected chi connectivity index (χ0v) is 3.74. The van der Waals surface area contributed by atoms with Crippen molar-refractivity contribution in [1.29, 1.82) is 0 Å². The van der Waals surface area contributed by atoms with E-state index in [4.69, 9.17) is 0 Å². The van der Waals surface area contributed by atoms with Crippen molar-refractivity contribution in [3.05, 3.63) is 35.8 Å². The largest absolute Gasteiger partial charge is 0.619 e. The molecule has 0 aliphatic rings. The Bertz CT molecular complexity index is 138. The van der Waals surface area contributed by atoms with Crippen molar-refractivity contribution in [3.63, 3.8) is 0 Å². The summed E-state index contributed by atoms with van der Waals surface area (Å²) in [4.78, 5) is 0. The van der Waals surface area contributed by atoms with Gasteiger partial charge in [-0.3, -0.25) is 0 Å². The Labute approximate surface area is 49.0 Å². The van der Waals surface area contributed by atoms with Gasteiger partial charge in [0.2, 0.25) is 0 Å². The highest BCUT2D eigenvalue weighted by Gasteiger charge is 1.74. The number of rotatable bonds is 0. The first-order chi connectivity index (χ1) is 3.39. The normalized spacial score (nSPS) is 7.50. The molecule has 0 saturated heterocycles. The van der Waals surface area contributed by atoms with Gasteiger partial charge in [-0.05, 0) is 0 Å². The fourth-order valence-electron chi connectivity index (χ4n) is 0.383. The van der Waals surface area contributed by atoms with Gasteiger partial charge in [0.25, 0.3) is 0 Å². The van der Waals surface area contributed by atoms with Crippen LogP contribution in [0, 0.1) is 5.21 Å². The Morgan fingerprint density at radius 3 is 1.75 bits per heavy atom. The molecule has 0 amide bonds. The molecule has 0 fully saturated rings. The second-order valence-electron chi connectivity index (χ2n) is 1.24. The standard InChI is InChI=1S/C5H5NO.CH4/c7-6-4-2-1-3-5-6;/h1-5H;1H4. The third-order valence-corrected chi connectivity index (χ3v) is 0.688. The van der Waals surface area contributed by atoms with Crippen LogP contribution in [0.4, 0.5) is 0 Å². The molecule has 8 heavy (non-hydrogen) atoms. The highest BCUT2D eigenvalue weighted by Crippen LogP contribution is 1.72. The lowest BCUT2D eigenvalue weighted by Crippen LogP contribution is -2.22. The lowest BCUT2D eigenvalue weighted by molar-refractivity contribution is -0.605. The van der Waals surface area contributed by atoms with Gasteiger partial charge in [0, 0.05) is 12.1 Å². The number of aromatic nitrogens is 1. The molecule has 0 saturated carbocycles. The van der Waals surface area contributed by atoms with E-state index >= 15 is 0 Å². The molecule has 1 aromatic heterocycles. The third kappa shape index (κ3) is 1.60. The molecule has 0 N–H and O–H groups in total. The molecule has 0 radical (unpaired) electrons. The van der Waals surface area contributed by atoms with E-state index in [-0.39, 0.29) is 7.43 Å². The van der Waals surface area contributed by atoms with E-state index in [2.05, 4.69) is 0 Å². The van der Waals surface area contributed by atoms with Crippen molar-refractivity contribution >= 4 is 0 Å². The van der Waals surface area contributed by atoms with E-state index in [0.29, 0.717) is 0 Å². The highest BCUT2D eigenvalue weighted by molar-refractivity contribution is 4.83. The van der Waals surface area contributed by atoms with E-state index in [1.807, 2.05) is 0 Å². The predicted molar refractivity (Wildman–Crippen MR) is 32.1 cm³/mol. The lowest BCUT2D eigenvalue weighted by Gasteiger charge is -1.88. The molecular weight excluding hydrogens is 102 g/mol. The Kier molecular flexibility index (Phi) is 2.62. The fourth-order valence-corrected chi connectivity index (χ4v) is 0.383. The summed E-state index contributed by atoms with van der Waals surface area (Å²) in [7, 11) is 0. The molecule has 0 spiro atoms. The van der Waals surface area contributed by atoms with Crippen LogP contribution in [0.5, 0.6) is 0 Å². The first-order valence-electron chi connectivity index (χ1n) is 2.03. The highest BCUT2D eigenvalue weighted by atomic mass is 16.5. The van der Waals surface area contributed by atoms with Gasteiger partial charge in [-0.2, -0.15) is 4.73 Å². The van der Waals surface area contributed by atoms with E-state index in [1.54, 1.807) is 18.2 Å². The summed E-state index contributed by atoms with van der Waals surface area (Å²) in [5, 5.41) is 10.2. The first kappa shape index (κ1) is 6.95. The summed E-state index contributed by atoms with van der Waals surface area (Å²) in [6.07, 6.45) is 2.89. The van der Waals surface area contributed by atoms with E-state index in [0.717, 1.165) is 4.73 Å². The number of hydrogen-bond donors (Lipinski definition) is 0. The molecular formula is C6H9NO. The maximum Gasteiger partial charge on any atom is 0.180 e. The maximum atomic E-state index is 10.2. The summed E-state index contributed by atoms with van der Waals surface area (Å²) >= 11 is 0. The van der Waals surface area contributed by atoms with Crippen LogP contribution in [0.25, 0.3) is 0 Å². The second kappa shape index (κ2) is 3.02. The topological polar surface area (TPSA) is 26.9 Å². The van der Waals surface area contributed by atoms with Crippen molar-refractivity contribution < 1.29 is 4.73 Å². The molecule has 2 nitrogen and oxygen atoms in total. The Morgan fingerprint density at radius 2 is 1.50 bits per heavy atom. The van der Waals surface area contributed by atoms with Crippen LogP contribution in [0.1, 0.15) is 7.43 Å². The van der Waals surface area contributed by atoms with Gasteiger partial charge in [0.15, 0.2) is 12.4 Å². The van der Waals surface area contributed by atoms with E-state index in [1.165, 1.54) is 12.4 Å². The molecule has 0 aromatic carbocycles. The van der Waals surface area contributed by atoms with Gasteiger partial charge in [-0.1, -0.05) is 13.5 Å². The average molecular weight is 111 g/mol. The zero-order chi connectivity index (χ0) is 5.11. The van der Waals surface area contributed by atoms with Gasteiger partial charge in [0.05, 0.1) is 0 Å². The SMILES string of the molecule is C.[O-][n+]1ccccc1. The number of pyridine rings is 1. The van der Waals surface area contributed by atoms with Crippen LogP contribution >= 0.6 is 0 Å². The van der Waals surface area contributed by atoms with Gasteiger partial charge in [-0.25, -0.2) is 0 Å². The predicted octanol–water partition coefficient (Wildman–Crippen LogP) is 0.956. The van der Waals surface area contributed by atoms with Crippen LogP contribution in [-0.4, -0.2) is 0 Å². The van der Waals surface area contributed by atoms with Gasteiger partial charge >= 0.3 is 0 Å². The summed E-state index contributed by atoms with van der Waals surface area (Å²) in [6, 6.07) is 5.18. The molecule has 1 rings (SSSR count). The quantitative estimate of drug-likeness (QED) is 0.362. The molecule has 1 aromatic rings. The Hall–Kier alpha value is -1.05. The van der Waals surface area contributed by atoms with Gasteiger partial charge in [0.1, 0.15) is 0 Å². The smallest absolute Gasteiger partial charge is 0.180 e. The summed E-state index contributed by atoms with van der Waals surface area (Å²) in [5.74, 6) is 0. The number of nitrogens with zero attached hydrogens (tertiary/aromatic N) is 1. The lowest BCUT2D eigenvalue weighted by atomic mass is 10.5. The minimum absolute atomic E-state index is 0. The first-order valence-corrected chi connectivity index (χ1v) is 2.03. The molecule has 0 aliphatic heterocycles. The monoisotopic (exact) mass is 111 g/mol. The van der Waals surface area contributed by atoms with Gasteiger partial charge < -0.3 is 5.21 Å². The van der Waals surface area contributed by atoms with Crippen molar-refractivity contribution in [1.82, 2.24) is 0 Å². The van der Waals surface area contributed by atoms with Crippen LogP contribution in [0.3, 0.4) is 0 Å². The minimum atomic E-state index is 0. The van der Waals surface area contributed by atoms with E-state index < -0.39 is 0 Å². The number of hydrogen-bond acceptors (Lipinski definition) is 1. The average Bonchev–Trinajstić information content (AvgIpc) is 1.69. The van der Waals surface area contributed by atoms with Gasteiger partial charge in [-0.15, -0.1) is 0 Å². The molecule has 2 heteroatoms. The molecule has 0 aliphatic carbocycles. The molecule has 0 bridgehead atoms. The van der Waals surface area contributed by atoms with Crippen LogP contribution < -0.4 is 4.73 Å². The molecule has 0 atom stereocenters. The van der Waals surface area contributed by atoms with Crippen LogP contribution in [0.15, 0.2) is 30.6 Å². The minimum Gasteiger partial charge on any atom is -0.619 e. The fraction of sp³-hybridized carbons (Fsp3) is 0.167. The van der Waals surface area contributed by atoms with Crippen molar-refractivity contribution in [2.75, 3.05) is 0 Å². The zero-order valence-electron chi connectivity index (χ0n) is 3.74. The third-order valence-electron chi connectivity index (χ3n) is 0.688. The Balaban J connectivity index is 0.000000490. The van der Waals surface area contributed by atoms with Crippen molar-refractivity contribution in [2.24, 2.45) is 0 Å². The van der Waals surface area contributed by atoms with Crippen LogP contribution in [0.2, 0.25) is 0 Å². The van der Waals surface area contributed by atoms with Crippen molar-refractivity contribution in [3.8, 4) is 0 Å². The summed E-state index contributed by atoms with van der Waals surface area (Å²) in [6.45, 7) is 0. The molecule has 1 heterocycles. The summed E-state index contributed by atoms with van der Waals surface area (Å²) < 4.78 is 0.750. The maximum absolute atomic E-state index is 10.2. The second-order valence-corrected chi connectivity index (χ2v) is 1.24. The van der Waals surface area contributed by atoms with Crippen molar-refractivity contribution in [2.45, 2.75) is 7.43 Å². The molecule has 0 unspecified atom stereocenters. The summed E-state index contributed by atoms with van der Waals surface area (Å²) in [5.41, 5.74) is 0. The van der Waals surface area contributed by atoms with E-state index in [9.17, 15) is 5.21 Å². The molecule has 44 valence electrons. The Morgan fingerprint density at radius 1 is 1.00 bits per heavy atom.